The minimum absolute atomic E-state index is 0.266. The van der Waals surface area contributed by atoms with Crippen LogP contribution < -0.4 is 10.9 Å². The zero-order valence-corrected chi connectivity index (χ0v) is 14.9. The Morgan fingerprint density at radius 1 is 1.21 bits per heavy atom. The number of amides is 1. The lowest BCUT2D eigenvalue weighted by atomic mass is 10.0. The fourth-order valence-corrected chi connectivity index (χ4v) is 2.84. The molecule has 0 aliphatic rings. The Labute approximate surface area is 157 Å². The van der Waals surface area contributed by atoms with E-state index in [2.05, 4.69) is 15.5 Å². The van der Waals surface area contributed by atoms with Crippen molar-refractivity contribution in [3.8, 4) is 5.82 Å². The van der Waals surface area contributed by atoms with Crippen LogP contribution in [0.5, 0.6) is 0 Å². The van der Waals surface area contributed by atoms with Crippen LogP contribution >= 0.6 is 0 Å². The Balaban J connectivity index is 1.97. The Morgan fingerprint density at radius 3 is 2.54 bits per heavy atom. The predicted molar refractivity (Wildman–Crippen MR) is 94.0 cm³/mol. The minimum atomic E-state index is -4.87. The van der Waals surface area contributed by atoms with Crippen LogP contribution in [0.1, 0.15) is 40.1 Å². The van der Waals surface area contributed by atoms with Gasteiger partial charge < -0.3 is 5.32 Å². The van der Waals surface area contributed by atoms with Crippen molar-refractivity contribution < 1.29 is 18.0 Å². The van der Waals surface area contributed by atoms with Crippen LogP contribution in [0.3, 0.4) is 0 Å². The molecule has 0 aliphatic carbocycles. The molecule has 2 N–H and O–H groups in total. The number of halogens is 3. The summed E-state index contributed by atoms with van der Waals surface area (Å²) in [7, 11) is 0. The highest BCUT2D eigenvalue weighted by atomic mass is 19.4. The number of carbonyl (C=O) groups is 1. The topological polar surface area (TPSA) is 92.7 Å². The van der Waals surface area contributed by atoms with Gasteiger partial charge in [-0.05, 0) is 31.0 Å². The quantitative estimate of drug-likeness (QED) is 0.715. The molecule has 28 heavy (non-hydrogen) atoms. The molecule has 0 aliphatic heterocycles. The van der Waals surface area contributed by atoms with Crippen molar-refractivity contribution in [1.29, 1.82) is 0 Å². The summed E-state index contributed by atoms with van der Waals surface area (Å²) in [5, 5.41) is 11.8. The molecular formula is C18H16F3N5O2. The van der Waals surface area contributed by atoms with Crippen LogP contribution in [0.25, 0.3) is 5.82 Å². The number of carbonyl (C=O) groups excluding carboxylic acids is 1. The predicted octanol–water partition coefficient (Wildman–Crippen LogP) is 2.77. The van der Waals surface area contributed by atoms with Gasteiger partial charge in [-0.25, -0.2) is 9.78 Å². The number of hydrogen-bond acceptors (Lipinski definition) is 4. The summed E-state index contributed by atoms with van der Waals surface area (Å²) < 4.78 is 41.4. The van der Waals surface area contributed by atoms with Crippen LogP contribution in [-0.2, 0) is 6.18 Å². The summed E-state index contributed by atoms with van der Waals surface area (Å²) in [6.45, 7) is 3.53. The van der Waals surface area contributed by atoms with E-state index < -0.39 is 34.9 Å². The molecule has 0 bridgehead atoms. The fourth-order valence-electron chi connectivity index (χ4n) is 2.84. The monoisotopic (exact) mass is 391 g/mol. The van der Waals surface area contributed by atoms with Gasteiger partial charge in [0.05, 0.1) is 17.8 Å². The van der Waals surface area contributed by atoms with E-state index in [4.69, 9.17) is 0 Å². The maximum absolute atomic E-state index is 13.7. The summed E-state index contributed by atoms with van der Waals surface area (Å²) in [5.74, 6) is -1.18. The number of H-pyrrole nitrogens is 1. The summed E-state index contributed by atoms with van der Waals surface area (Å²) in [4.78, 5) is 23.7. The zero-order valence-electron chi connectivity index (χ0n) is 14.9. The third-order valence-corrected chi connectivity index (χ3v) is 4.17. The van der Waals surface area contributed by atoms with Crippen LogP contribution in [-0.4, -0.2) is 25.9 Å². The normalized spacial score (nSPS) is 12.6. The highest BCUT2D eigenvalue weighted by Gasteiger charge is 2.41. The van der Waals surface area contributed by atoms with Gasteiger partial charge in [0.1, 0.15) is 0 Å². The molecule has 0 radical (unpaired) electrons. The first-order valence-corrected chi connectivity index (χ1v) is 8.26. The van der Waals surface area contributed by atoms with Gasteiger partial charge in [0.2, 0.25) is 0 Å². The molecule has 7 nitrogen and oxygen atoms in total. The molecule has 1 atom stereocenters. The van der Waals surface area contributed by atoms with Crippen LogP contribution in [0.15, 0.2) is 47.4 Å². The Hall–Kier alpha value is -3.43. The first kappa shape index (κ1) is 19.3. The summed E-state index contributed by atoms with van der Waals surface area (Å²) in [5.41, 5.74) is -0.796. The Kier molecular flexibility index (Phi) is 5.04. The van der Waals surface area contributed by atoms with Gasteiger partial charge in [0.15, 0.2) is 11.5 Å². The smallest absolute Gasteiger partial charge is 0.345 e. The maximum Gasteiger partial charge on any atom is 0.434 e. The maximum atomic E-state index is 13.7. The number of aryl methyl sites for hydroxylation is 1. The third kappa shape index (κ3) is 3.80. The molecule has 0 fully saturated rings. The number of nitrogens with zero attached hydrogens (tertiary/aromatic N) is 3. The fraction of sp³-hybridized carbons (Fsp3) is 0.222. The molecular weight excluding hydrogens is 375 g/mol. The third-order valence-electron chi connectivity index (χ3n) is 4.17. The first-order valence-electron chi connectivity index (χ1n) is 8.26. The van der Waals surface area contributed by atoms with Gasteiger partial charge in [-0.3, -0.25) is 9.59 Å². The second kappa shape index (κ2) is 7.29. The molecule has 1 aromatic carbocycles. The summed E-state index contributed by atoms with van der Waals surface area (Å²) in [6.07, 6.45) is -4.04. The van der Waals surface area contributed by atoms with Gasteiger partial charge >= 0.3 is 6.18 Å². The summed E-state index contributed by atoms with van der Waals surface area (Å²) >= 11 is 0. The number of nitrogens with one attached hydrogen (secondary N) is 2. The lowest BCUT2D eigenvalue weighted by molar-refractivity contribution is -0.143. The van der Waals surface area contributed by atoms with Gasteiger partial charge in [0.25, 0.3) is 11.5 Å². The van der Waals surface area contributed by atoms with E-state index in [0.29, 0.717) is 4.68 Å². The van der Waals surface area contributed by atoms with E-state index >= 15 is 0 Å². The van der Waals surface area contributed by atoms with E-state index in [0.717, 1.165) is 29.5 Å². The second-order valence-electron chi connectivity index (χ2n) is 6.15. The molecule has 0 saturated carbocycles. The summed E-state index contributed by atoms with van der Waals surface area (Å²) in [6, 6.07) is 8.84. The van der Waals surface area contributed by atoms with Crippen molar-refractivity contribution in [1.82, 2.24) is 25.3 Å². The average Bonchev–Trinajstić information content (AvgIpc) is 3.08. The van der Waals surface area contributed by atoms with Crippen molar-refractivity contribution in [3.05, 3.63) is 75.3 Å². The van der Waals surface area contributed by atoms with Crippen molar-refractivity contribution in [2.24, 2.45) is 0 Å². The Morgan fingerprint density at radius 2 is 1.93 bits per heavy atom. The highest BCUT2D eigenvalue weighted by molar-refractivity contribution is 5.95. The second-order valence-corrected chi connectivity index (χ2v) is 6.15. The number of aromatic nitrogens is 4. The molecule has 10 heteroatoms. The zero-order chi connectivity index (χ0) is 20.5. The van der Waals surface area contributed by atoms with E-state index in [1.807, 2.05) is 24.2 Å². The highest BCUT2D eigenvalue weighted by Crippen LogP contribution is 2.33. The SMILES string of the molecule is Cc1ccccc1[C@H](C)NC(=O)c1cnn(-c2ccc(=O)[nH]n2)c1C(F)(F)F. The van der Waals surface area contributed by atoms with Crippen LogP contribution in [0.2, 0.25) is 0 Å². The largest absolute Gasteiger partial charge is 0.434 e. The number of aromatic amines is 1. The van der Waals surface area contributed by atoms with E-state index in [1.165, 1.54) is 0 Å². The molecule has 1 amide bonds. The minimum Gasteiger partial charge on any atom is -0.345 e. The van der Waals surface area contributed by atoms with Crippen molar-refractivity contribution in [2.45, 2.75) is 26.1 Å². The van der Waals surface area contributed by atoms with Gasteiger partial charge in [-0.15, -0.1) is 0 Å². The lowest BCUT2D eigenvalue weighted by Gasteiger charge is -2.17. The number of rotatable bonds is 4. The van der Waals surface area contributed by atoms with Crippen LogP contribution in [0, 0.1) is 6.92 Å². The molecule has 3 aromatic rings. The Bertz CT molecular complexity index is 1050. The van der Waals surface area contributed by atoms with Crippen molar-refractivity contribution >= 4 is 5.91 Å². The molecule has 2 heterocycles. The van der Waals surface area contributed by atoms with Crippen molar-refractivity contribution in [3.63, 3.8) is 0 Å². The van der Waals surface area contributed by atoms with Gasteiger partial charge in [-0.2, -0.15) is 23.4 Å². The molecule has 0 saturated heterocycles. The van der Waals surface area contributed by atoms with Gasteiger partial charge in [0, 0.05) is 6.07 Å². The van der Waals surface area contributed by atoms with Crippen LogP contribution in [0.4, 0.5) is 13.2 Å². The van der Waals surface area contributed by atoms with E-state index in [1.54, 1.807) is 19.1 Å². The number of alkyl halides is 3. The standard InChI is InChI=1S/C18H16F3N5O2/c1-10-5-3-4-6-12(10)11(2)23-17(28)13-9-22-26(16(13)18(19,20)21)14-7-8-15(27)25-24-14/h3-9,11H,1-2H3,(H,23,28)(H,25,27)/t11-/m0/s1. The van der Waals surface area contributed by atoms with Gasteiger partial charge in [-0.1, -0.05) is 24.3 Å². The molecule has 2 aromatic heterocycles. The average molecular weight is 391 g/mol. The molecule has 0 spiro atoms. The number of benzene rings is 1. The van der Waals surface area contributed by atoms with Crippen molar-refractivity contribution in [2.75, 3.05) is 0 Å². The first-order chi connectivity index (χ1) is 13.2. The molecule has 0 unspecified atom stereocenters. The number of hydrogen-bond donors (Lipinski definition) is 2. The lowest BCUT2D eigenvalue weighted by Crippen LogP contribution is -2.29. The van der Waals surface area contributed by atoms with E-state index in [9.17, 15) is 22.8 Å². The molecule has 3 rings (SSSR count). The van der Waals surface area contributed by atoms with E-state index in [-0.39, 0.29) is 5.82 Å². The molecule has 146 valence electrons.